The first-order valence-electron chi connectivity index (χ1n) is 20.4. The van der Waals surface area contributed by atoms with Crippen LogP contribution in [0.4, 0.5) is 18.0 Å². The van der Waals surface area contributed by atoms with Gasteiger partial charge in [0, 0.05) is 30.0 Å². The average Bonchev–Trinajstić information content (AvgIpc) is 4.09. The number of allylic oxidation sites excluding steroid dienone is 1. The van der Waals surface area contributed by atoms with Gasteiger partial charge in [0.15, 0.2) is 17.2 Å². The van der Waals surface area contributed by atoms with Gasteiger partial charge in [0.05, 0.1) is 23.6 Å². The fourth-order valence-electron chi connectivity index (χ4n) is 8.14. The molecule has 4 aliphatic rings. The molecule has 2 aliphatic carbocycles. The van der Waals surface area contributed by atoms with E-state index in [0.29, 0.717) is 31.1 Å². The first kappa shape index (κ1) is 44.9. The number of hydrogen-bond acceptors (Lipinski definition) is 10. The zero-order chi connectivity index (χ0) is 44.2. The first-order chi connectivity index (χ1) is 28.1. The minimum atomic E-state index is -4.42. The Bertz CT molecular complexity index is 2170. The van der Waals surface area contributed by atoms with E-state index in [4.69, 9.17) is 14.2 Å². The molecule has 0 bridgehead atoms. The van der Waals surface area contributed by atoms with Crippen molar-refractivity contribution >= 4 is 44.6 Å². The van der Waals surface area contributed by atoms with E-state index in [2.05, 4.69) is 15.0 Å². The van der Waals surface area contributed by atoms with Gasteiger partial charge in [-0.15, -0.1) is 0 Å². The van der Waals surface area contributed by atoms with Crippen LogP contribution in [0, 0.1) is 11.7 Å². The number of nitrogens with zero attached hydrogens (tertiary/aromatic N) is 3. The maximum Gasteiger partial charge on any atom is 0.408 e. The summed E-state index contributed by atoms with van der Waals surface area (Å²) in [6.45, 7) is 10.7. The summed E-state index contributed by atoms with van der Waals surface area (Å²) in [4.78, 5) is 61.8. The molecule has 19 heteroatoms. The van der Waals surface area contributed by atoms with Gasteiger partial charge in [0.1, 0.15) is 17.6 Å². The lowest BCUT2D eigenvalue weighted by atomic mass is 9.99. The third kappa shape index (κ3) is 7.98. The summed E-state index contributed by atoms with van der Waals surface area (Å²) in [5, 5.41) is 13.4. The molecule has 1 saturated heterocycles. The summed E-state index contributed by atoms with van der Waals surface area (Å²) < 4.78 is 95.6. The molecule has 3 fully saturated rings. The van der Waals surface area contributed by atoms with Crippen LogP contribution in [-0.4, -0.2) is 111 Å². The summed E-state index contributed by atoms with van der Waals surface area (Å²) in [6, 6.07) is -5.49. The van der Waals surface area contributed by atoms with Crippen LogP contribution in [0.25, 0.3) is 10.8 Å². The van der Waals surface area contributed by atoms with E-state index in [9.17, 15) is 27.9 Å². The third-order valence-corrected chi connectivity index (χ3v) is 14.6. The monoisotopic (exact) mass is 865 g/mol. The Morgan fingerprint density at radius 2 is 1.87 bits per heavy atom. The van der Waals surface area contributed by atoms with Crippen molar-refractivity contribution in [3.63, 3.8) is 0 Å². The van der Waals surface area contributed by atoms with Crippen molar-refractivity contribution in [2.75, 3.05) is 6.61 Å². The quantitative estimate of drug-likeness (QED) is 0.187. The van der Waals surface area contributed by atoms with Gasteiger partial charge in [-0.3, -0.25) is 28.9 Å². The number of aromatic nitrogens is 1. The second-order valence-corrected chi connectivity index (χ2v) is 19.0. The number of carbonyl (C=O) groups is 4. The molecule has 1 aromatic carbocycles. The van der Waals surface area contributed by atoms with Crippen LogP contribution in [0.5, 0.6) is 11.6 Å². The molecular formula is C41H54F3N5O10S. The van der Waals surface area contributed by atoms with Crippen molar-refractivity contribution < 1.29 is 60.1 Å². The van der Waals surface area contributed by atoms with Crippen LogP contribution in [-0.2, 0) is 29.1 Å². The predicted octanol–water partition coefficient (Wildman–Crippen LogP) is 5.66. The summed E-state index contributed by atoms with van der Waals surface area (Å²) in [7, 11) is -4.21. The Kier molecular flexibility index (Phi) is 12.2. The van der Waals surface area contributed by atoms with Crippen molar-refractivity contribution in [3.8, 4) is 11.6 Å². The largest absolute Gasteiger partial charge is 0.491 e. The van der Waals surface area contributed by atoms with Gasteiger partial charge in [-0.05, 0) is 103 Å². The average molecular weight is 866 g/mol. The Morgan fingerprint density at radius 1 is 1.17 bits per heavy atom. The summed E-state index contributed by atoms with van der Waals surface area (Å²) in [5.41, 5.74) is -4.69. The molecule has 8 atom stereocenters. The van der Waals surface area contributed by atoms with E-state index >= 15 is 18.0 Å². The number of nitrogens with one attached hydrogen (secondary N) is 2. The maximum absolute atomic E-state index is 17.7. The van der Waals surface area contributed by atoms with Crippen molar-refractivity contribution in [2.45, 2.75) is 152 Å². The highest BCUT2D eigenvalue weighted by atomic mass is 32.2. The van der Waals surface area contributed by atoms with Gasteiger partial charge in [-0.1, -0.05) is 26.0 Å². The number of ether oxygens (including phenoxy) is 3. The van der Waals surface area contributed by atoms with Crippen LogP contribution >= 0.6 is 0 Å². The highest BCUT2D eigenvalue weighted by Crippen LogP contribution is 2.51. The topological polar surface area (TPSA) is 194 Å². The second kappa shape index (κ2) is 16.3. The van der Waals surface area contributed by atoms with Gasteiger partial charge in [-0.2, -0.15) is 8.78 Å². The Balaban J connectivity index is 1.49. The number of amides is 4. The molecule has 4 amide bonds. The Hall–Kier alpha value is -4.65. The van der Waals surface area contributed by atoms with Gasteiger partial charge in [-0.25, -0.2) is 22.6 Å². The first-order valence-corrected chi connectivity index (χ1v) is 21.9. The van der Waals surface area contributed by atoms with Gasteiger partial charge in [0.25, 0.3) is 11.8 Å². The number of carbonyl (C=O) groups excluding carboxylic acids is 3. The van der Waals surface area contributed by atoms with E-state index in [1.165, 1.54) is 32.2 Å². The lowest BCUT2D eigenvalue weighted by Gasteiger charge is -2.42. The molecule has 1 aromatic heterocycles. The van der Waals surface area contributed by atoms with Gasteiger partial charge >= 0.3 is 12.1 Å². The summed E-state index contributed by atoms with van der Waals surface area (Å²) in [5.74, 6) is -5.90. The molecule has 2 aromatic rings. The van der Waals surface area contributed by atoms with Crippen molar-refractivity contribution in [2.24, 2.45) is 5.92 Å². The Morgan fingerprint density at radius 3 is 2.48 bits per heavy atom. The van der Waals surface area contributed by atoms with Crippen LogP contribution in [0.1, 0.15) is 99.8 Å². The van der Waals surface area contributed by atoms with Gasteiger partial charge in [0.2, 0.25) is 21.8 Å². The standard InChI is InChI=1S/C41H54F3N5O10S/c1-8-23(4)48(37(53)54)32-30(9-2)58-24(5)13-11-12-14-26-21-40(26,36(52)47-60(55,56)38(6)16-17-38)46-33(50)29-22-39(7,41(43,44)49(29)35(32)51)59-34-27-20-28(42)31(57-10-3)19-25(27)15-18-45-34/h12,14-15,18-20,23-24,26,29-30,32H,8-11,13,16-17,21-22H2,1-7H3,(H,46,50)(H,47,52)(H,53,54)/b14-12-/t23?,24-,26-,29+,30+,32+,39-,40?/m1/s1. The minimum absolute atomic E-state index is 0.00135. The molecule has 0 spiro atoms. The molecular weight excluding hydrogens is 812 g/mol. The minimum Gasteiger partial charge on any atom is -0.491 e. The number of pyridine rings is 1. The molecule has 2 saturated carbocycles. The van der Waals surface area contributed by atoms with Crippen LogP contribution in [0.2, 0.25) is 0 Å². The highest BCUT2D eigenvalue weighted by molar-refractivity contribution is 7.91. The fourth-order valence-corrected chi connectivity index (χ4v) is 9.45. The van der Waals surface area contributed by atoms with Crippen molar-refractivity contribution in [3.05, 3.63) is 42.4 Å². The zero-order valence-corrected chi connectivity index (χ0v) is 35.6. The normalized spacial score (nSPS) is 31.0. The number of rotatable bonds is 11. The van der Waals surface area contributed by atoms with E-state index in [1.54, 1.807) is 39.8 Å². The molecule has 3 heterocycles. The molecule has 2 unspecified atom stereocenters. The summed E-state index contributed by atoms with van der Waals surface area (Å²) >= 11 is 0. The third-order valence-electron chi connectivity index (χ3n) is 12.5. The number of halogens is 3. The molecule has 0 radical (unpaired) electrons. The van der Waals surface area contributed by atoms with Crippen molar-refractivity contribution in [1.82, 2.24) is 24.8 Å². The molecule has 60 heavy (non-hydrogen) atoms. The second-order valence-electron chi connectivity index (χ2n) is 16.8. The van der Waals surface area contributed by atoms with E-state index in [-0.39, 0.29) is 41.9 Å². The maximum atomic E-state index is 17.7. The summed E-state index contributed by atoms with van der Waals surface area (Å²) in [6.07, 6.45) is 1.68. The number of hydrogen-bond donors (Lipinski definition) is 3. The number of benzene rings is 1. The lowest BCUT2D eigenvalue weighted by Crippen LogP contribution is -2.66. The van der Waals surface area contributed by atoms with Gasteiger partial charge < -0.3 is 24.6 Å². The molecule has 15 nitrogen and oxygen atoms in total. The van der Waals surface area contributed by atoms with Crippen LogP contribution in [0.15, 0.2) is 36.5 Å². The number of fused-ring (bicyclic) bond motifs is 3. The lowest BCUT2D eigenvalue weighted by molar-refractivity contribution is -0.220. The number of alkyl halides is 2. The molecule has 330 valence electrons. The van der Waals surface area contributed by atoms with Crippen LogP contribution < -0.4 is 19.5 Å². The number of carboxylic acid groups (broad SMARTS) is 1. The smallest absolute Gasteiger partial charge is 0.408 e. The van der Waals surface area contributed by atoms with E-state index < -0.39 is 110 Å². The van der Waals surface area contributed by atoms with E-state index in [0.717, 1.165) is 17.9 Å². The van der Waals surface area contributed by atoms with Crippen molar-refractivity contribution in [1.29, 1.82) is 0 Å². The fraction of sp³-hybridized carbons (Fsp3) is 0.634. The SMILES string of the molecule is CCOc1cc2ccnc(O[C@]3(C)C[C@H]4C(=O)NC5(C(=O)NS(=O)(=O)C6(C)CC6)C[C@H]5/C=C\CC[C@@H](C)O[C@@H](CC)[C@H](N(C(=O)O)C(C)CC)C(=O)N4C3(F)F)c2cc1F. The number of sulfonamides is 1. The van der Waals surface area contributed by atoms with E-state index in [1.807, 2.05) is 0 Å². The predicted molar refractivity (Wildman–Crippen MR) is 212 cm³/mol. The van der Waals surface area contributed by atoms with Crippen LogP contribution in [0.3, 0.4) is 0 Å². The molecule has 2 aliphatic heterocycles. The molecule has 3 N–H and O–H groups in total. The zero-order valence-electron chi connectivity index (χ0n) is 34.8. The highest BCUT2D eigenvalue weighted by Gasteiger charge is 2.71. The Labute approximate surface area is 347 Å². The molecule has 6 rings (SSSR count).